The van der Waals surface area contributed by atoms with Gasteiger partial charge in [-0.15, -0.1) is 0 Å². The number of rotatable bonds is 4. The highest BCUT2D eigenvalue weighted by atomic mass is 16.1. The molecule has 0 saturated carbocycles. The molecule has 5 nitrogen and oxygen atoms in total. The lowest BCUT2D eigenvalue weighted by atomic mass is 9.98. The number of fused-ring (bicyclic) bond motifs is 1. The molecule has 5 aromatic rings. The fraction of sp³-hybridized carbons (Fsp3) is 0. The molecule has 5 rings (SSSR count). The van der Waals surface area contributed by atoms with Crippen LogP contribution in [0.1, 0.15) is 10.4 Å². The summed E-state index contributed by atoms with van der Waals surface area (Å²) in [6.07, 6.45) is 8.83. The number of carbonyl (C=O) groups excluding carboxylic acids is 1. The number of anilines is 1. The molecule has 0 saturated heterocycles. The van der Waals surface area contributed by atoms with Crippen LogP contribution in [-0.4, -0.2) is 20.9 Å². The van der Waals surface area contributed by atoms with Gasteiger partial charge in [-0.05, 0) is 65.2 Å². The first-order valence-corrected chi connectivity index (χ1v) is 9.89. The van der Waals surface area contributed by atoms with Crippen LogP contribution in [0.25, 0.3) is 33.2 Å². The minimum atomic E-state index is -0.165. The highest BCUT2D eigenvalue weighted by Crippen LogP contribution is 2.31. The molecule has 0 aliphatic heterocycles. The molecule has 3 aromatic heterocycles. The summed E-state index contributed by atoms with van der Waals surface area (Å²) < 4.78 is 0. The van der Waals surface area contributed by atoms with Crippen molar-refractivity contribution in [3.63, 3.8) is 0 Å². The largest absolute Gasteiger partial charge is 0.321 e. The van der Waals surface area contributed by atoms with Gasteiger partial charge in [-0.3, -0.25) is 19.7 Å². The van der Waals surface area contributed by atoms with E-state index in [-0.39, 0.29) is 5.91 Å². The van der Waals surface area contributed by atoms with Crippen molar-refractivity contribution in [1.82, 2.24) is 15.0 Å². The summed E-state index contributed by atoms with van der Waals surface area (Å²) in [6, 6.07) is 23.2. The SMILES string of the molecule is O=C(Nc1cncc(-c2ccc3nccc(-c4ccncc4)c3c2)c1)c1ccccc1. The molecular formula is C26H18N4O. The van der Waals surface area contributed by atoms with Crippen LogP contribution < -0.4 is 5.32 Å². The molecule has 1 amide bonds. The third kappa shape index (κ3) is 3.89. The standard InChI is InChI=1S/C26H18N4O/c31-26(19-4-2-1-3-5-19)30-22-14-21(16-28-17-22)20-6-7-25-24(15-20)23(10-13-29-25)18-8-11-27-12-9-18/h1-17H,(H,30,31). The Balaban J connectivity index is 1.51. The molecule has 2 aromatic carbocycles. The Kier molecular flexibility index (Phi) is 4.91. The molecule has 0 spiro atoms. The van der Waals surface area contributed by atoms with E-state index in [1.165, 1.54) is 0 Å². The zero-order valence-corrected chi connectivity index (χ0v) is 16.6. The molecule has 0 fully saturated rings. The third-order valence-electron chi connectivity index (χ3n) is 5.10. The zero-order valence-electron chi connectivity index (χ0n) is 16.6. The highest BCUT2D eigenvalue weighted by molar-refractivity contribution is 6.04. The Bertz CT molecular complexity index is 1370. The maximum Gasteiger partial charge on any atom is 0.255 e. The first kappa shape index (κ1) is 18.6. The van der Waals surface area contributed by atoms with Gasteiger partial charge in [0.15, 0.2) is 0 Å². The van der Waals surface area contributed by atoms with Crippen molar-refractivity contribution in [3.8, 4) is 22.3 Å². The Hall–Kier alpha value is -4.38. The molecule has 31 heavy (non-hydrogen) atoms. The van der Waals surface area contributed by atoms with Crippen molar-refractivity contribution < 1.29 is 4.79 Å². The molecule has 0 radical (unpaired) electrons. The van der Waals surface area contributed by atoms with Crippen LogP contribution >= 0.6 is 0 Å². The maximum atomic E-state index is 12.5. The third-order valence-corrected chi connectivity index (χ3v) is 5.10. The Labute approximate surface area is 179 Å². The first-order valence-electron chi connectivity index (χ1n) is 9.89. The predicted molar refractivity (Wildman–Crippen MR) is 123 cm³/mol. The van der Waals surface area contributed by atoms with E-state index < -0.39 is 0 Å². The second kappa shape index (κ2) is 8.16. The maximum absolute atomic E-state index is 12.5. The van der Waals surface area contributed by atoms with Crippen molar-refractivity contribution in [3.05, 3.63) is 109 Å². The second-order valence-electron chi connectivity index (χ2n) is 7.11. The Morgan fingerprint density at radius 2 is 1.55 bits per heavy atom. The number of nitrogens with zero attached hydrogens (tertiary/aromatic N) is 3. The van der Waals surface area contributed by atoms with E-state index in [1.807, 2.05) is 60.8 Å². The minimum absolute atomic E-state index is 0.165. The van der Waals surface area contributed by atoms with Crippen LogP contribution in [0.15, 0.2) is 104 Å². The van der Waals surface area contributed by atoms with Gasteiger partial charge >= 0.3 is 0 Å². The molecule has 0 aliphatic rings. The normalized spacial score (nSPS) is 10.7. The van der Waals surface area contributed by atoms with E-state index >= 15 is 0 Å². The van der Waals surface area contributed by atoms with E-state index in [0.717, 1.165) is 33.2 Å². The number of amides is 1. The number of pyridine rings is 3. The number of benzene rings is 2. The average molecular weight is 402 g/mol. The smallest absolute Gasteiger partial charge is 0.255 e. The molecule has 1 N–H and O–H groups in total. The number of nitrogens with one attached hydrogen (secondary N) is 1. The van der Waals surface area contributed by atoms with E-state index in [1.54, 1.807) is 36.9 Å². The van der Waals surface area contributed by atoms with Gasteiger partial charge in [0.1, 0.15) is 0 Å². The van der Waals surface area contributed by atoms with Crippen LogP contribution in [0.4, 0.5) is 5.69 Å². The summed E-state index contributed by atoms with van der Waals surface area (Å²) in [7, 11) is 0. The van der Waals surface area contributed by atoms with Crippen molar-refractivity contribution in [2.45, 2.75) is 0 Å². The van der Waals surface area contributed by atoms with Gasteiger partial charge in [0.05, 0.1) is 17.4 Å². The van der Waals surface area contributed by atoms with Gasteiger partial charge in [0.2, 0.25) is 0 Å². The van der Waals surface area contributed by atoms with E-state index in [9.17, 15) is 4.79 Å². The quantitative estimate of drug-likeness (QED) is 0.424. The Morgan fingerprint density at radius 3 is 2.39 bits per heavy atom. The van der Waals surface area contributed by atoms with Gasteiger partial charge in [-0.2, -0.15) is 0 Å². The molecule has 0 aliphatic carbocycles. The fourth-order valence-electron chi connectivity index (χ4n) is 3.57. The van der Waals surface area contributed by atoms with Crippen LogP contribution in [0, 0.1) is 0 Å². The predicted octanol–water partition coefficient (Wildman–Crippen LogP) is 5.61. The van der Waals surface area contributed by atoms with Crippen LogP contribution in [-0.2, 0) is 0 Å². The average Bonchev–Trinajstić information content (AvgIpc) is 2.84. The molecule has 3 heterocycles. The minimum Gasteiger partial charge on any atom is -0.321 e. The van der Waals surface area contributed by atoms with Crippen molar-refractivity contribution >= 4 is 22.5 Å². The second-order valence-corrected chi connectivity index (χ2v) is 7.11. The van der Waals surface area contributed by atoms with E-state index in [0.29, 0.717) is 11.3 Å². The summed E-state index contributed by atoms with van der Waals surface area (Å²) in [5.41, 5.74) is 6.26. The molecule has 148 valence electrons. The van der Waals surface area contributed by atoms with E-state index in [4.69, 9.17) is 0 Å². The van der Waals surface area contributed by atoms with Crippen LogP contribution in [0.2, 0.25) is 0 Å². The molecule has 5 heteroatoms. The summed E-state index contributed by atoms with van der Waals surface area (Å²) in [5.74, 6) is -0.165. The van der Waals surface area contributed by atoms with Crippen molar-refractivity contribution in [1.29, 1.82) is 0 Å². The topological polar surface area (TPSA) is 67.8 Å². The number of hydrogen-bond acceptors (Lipinski definition) is 4. The summed E-state index contributed by atoms with van der Waals surface area (Å²) >= 11 is 0. The van der Waals surface area contributed by atoms with Crippen molar-refractivity contribution in [2.24, 2.45) is 0 Å². The van der Waals surface area contributed by atoms with Crippen LogP contribution in [0.3, 0.4) is 0 Å². The van der Waals surface area contributed by atoms with Gasteiger partial charge in [0, 0.05) is 41.3 Å². The summed E-state index contributed by atoms with van der Waals surface area (Å²) in [6.45, 7) is 0. The molecule has 0 atom stereocenters. The van der Waals surface area contributed by atoms with Crippen LogP contribution in [0.5, 0.6) is 0 Å². The monoisotopic (exact) mass is 402 g/mol. The zero-order chi connectivity index (χ0) is 21.0. The lowest BCUT2D eigenvalue weighted by Gasteiger charge is -2.10. The fourth-order valence-corrected chi connectivity index (χ4v) is 3.57. The number of hydrogen-bond donors (Lipinski definition) is 1. The summed E-state index contributed by atoms with van der Waals surface area (Å²) in [4.78, 5) is 25.4. The first-order chi connectivity index (χ1) is 15.3. The molecule has 0 unspecified atom stereocenters. The van der Waals surface area contributed by atoms with Gasteiger partial charge < -0.3 is 5.32 Å². The van der Waals surface area contributed by atoms with Gasteiger partial charge in [-0.25, -0.2) is 0 Å². The number of carbonyl (C=O) groups is 1. The molecule has 0 bridgehead atoms. The van der Waals surface area contributed by atoms with Gasteiger partial charge in [-0.1, -0.05) is 24.3 Å². The van der Waals surface area contributed by atoms with Gasteiger partial charge in [0.25, 0.3) is 5.91 Å². The highest BCUT2D eigenvalue weighted by Gasteiger charge is 2.09. The van der Waals surface area contributed by atoms with Crippen molar-refractivity contribution in [2.75, 3.05) is 5.32 Å². The lowest BCUT2D eigenvalue weighted by Crippen LogP contribution is -2.11. The lowest BCUT2D eigenvalue weighted by molar-refractivity contribution is 0.102. The molecular weight excluding hydrogens is 384 g/mol. The Morgan fingerprint density at radius 1 is 0.710 bits per heavy atom. The number of aromatic nitrogens is 3. The van der Waals surface area contributed by atoms with E-state index in [2.05, 4.69) is 26.3 Å². The summed E-state index contributed by atoms with van der Waals surface area (Å²) in [5, 5.41) is 3.97.